The Labute approximate surface area is 109 Å². The predicted octanol–water partition coefficient (Wildman–Crippen LogP) is 2.58. The van der Waals surface area contributed by atoms with Gasteiger partial charge < -0.3 is 10.1 Å². The summed E-state index contributed by atoms with van der Waals surface area (Å²) in [6.45, 7) is 3.40. The van der Waals surface area contributed by atoms with Crippen molar-refractivity contribution in [3.05, 3.63) is 23.2 Å². The van der Waals surface area contributed by atoms with E-state index >= 15 is 0 Å². The molecule has 2 aromatic rings. The number of anilines is 1. The zero-order valence-corrected chi connectivity index (χ0v) is 10.9. The molecule has 5 heteroatoms. The first-order valence-corrected chi connectivity index (χ1v) is 6.77. The first kappa shape index (κ1) is 11.6. The number of benzene rings is 1. The second-order valence-electron chi connectivity index (χ2n) is 4.57. The molecule has 0 spiro atoms. The smallest absolute Gasteiger partial charge is 0.224 e. The molecule has 1 aliphatic heterocycles. The van der Waals surface area contributed by atoms with Crippen molar-refractivity contribution in [3.8, 4) is 0 Å². The molecule has 3 rings (SSSR count). The normalized spacial score (nSPS) is 15.6. The van der Waals surface area contributed by atoms with Gasteiger partial charge in [-0.2, -0.15) is 0 Å². The lowest BCUT2D eigenvalue weighted by Gasteiger charge is -2.25. The van der Waals surface area contributed by atoms with Gasteiger partial charge in [-0.3, -0.25) is 4.79 Å². The monoisotopic (exact) mass is 262 g/mol. The average molecular weight is 262 g/mol. The summed E-state index contributed by atoms with van der Waals surface area (Å²) in [5.74, 6) is 0.447. The molecule has 1 saturated heterocycles. The molecular weight excluding hydrogens is 248 g/mol. The molecule has 0 saturated carbocycles. The highest BCUT2D eigenvalue weighted by molar-refractivity contribution is 7.18. The largest absolute Gasteiger partial charge is 0.381 e. The Morgan fingerprint density at radius 2 is 2.39 bits per heavy atom. The number of rotatable bonds is 3. The van der Waals surface area contributed by atoms with Gasteiger partial charge in [0, 0.05) is 18.0 Å². The highest BCUT2D eigenvalue weighted by atomic mass is 32.1. The number of ether oxygens (including phenoxy) is 1. The summed E-state index contributed by atoms with van der Waals surface area (Å²) in [7, 11) is 0. The van der Waals surface area contributed by atoms with Crippen molar-refractivity contribution in [1.29, 1.82) is 0 Å². The number of aromatic nitrogens is 1. The van der Waals surface area contributed by atoms with Gasteiger partial charge in [-0.1, -0.05) is 0 Å². The van der Waals surface area contributed by atoms with Crippen LogP contribution in [0.15, 0.2) is 18.2 Å². The van der Waals surface area contributed by atoms with Crippen LogP contribution >= 0.6 is 11.3 Å². The fourth-order valence-corrected chi connectivity index (χ4v) is 2.86. The number of carbonyl (C=O) groups is 1. The molecule has 1 aliphatic rings. The van der Waals surface area contributed by atoms with Crippen LogP contribution in [-0.2, 0) is 9.53 Å². The highest BCUT2D eigenvalue weighted by Gasteiger charge is 2.21. The molecule has 1 N–H and O–H groups in total. The number of thiazole rings is 1. The number of nitrogens with one attached hydrogen (secondary N) is 1. The maximum Gasteiger partial charge on any atom is 0.224 e. The van der Waals surface area contributed by atoms with Crippen molar-refractivity contribution in [1.82, 2.24) is 4.98 Å². The zero-order chi connectivity index (χ0) is 12.5. The molecule has 1 amide bonds. The Kier molecular flexibility index (Phi) is 3.01. The van der Waals surface area contributed by atoms with Crippen molar-refractivity contribution in [2.45, 2.75) is 13.3 Å². The van der Waals surface area contributed by atoms with E-state index in [1.165, 1.54) is 0 Å². The van der Waals surface area contributed by atoms with Crippen LogP contribution in [0.25, 0.3) is 10.2 Å². The van der Waals surface area contributed by atoms with E-state index in [1.54, 1.807) is 11.3 Å². The SMILES string of the molecule is Cc1nc2ccc(NC(=O)CC3COC3)cc2s1. The van der Waals surface area contributed by atoms with Crippen LogP contribution in [0.1, 0.15) is 11.4 Å². The molecule has 4 nitrogen and oxygen atoms in total. The van der Waals surface area contributed by atoms with Crippen LogP contribution in [0.5, 0.6) is 0 Å². The van der Waals surface area contributed by atoms with Crippen LogP contribution in [0, 0.1) is 12.8 Å². The van der Waals surface area contributed by atoms with E-state index in [0.717, 1.165) is 20.9 Å². The minimum atomic E-state index is 0.0592. The molecule has 1 fully saturated rings. The summed E-state index contributed by atoms with van der Waals surface area (Å²) in [6.07, 6.45) is 0.541. The second-order valence-corrected chi connectivity index (χ2v) is 5.81. The maximum absolute atomic E-state index is 11.8. The van der Waals surface area contributed by atoms with Crippen molar-refractivity contribution < 1.29 is 9.53 Å². The van der Waals surface area contributed by atoms with Crippen LogP contribution in [0.4, 0.5) is 5.69 Å². The van der Waals surface area contributed by atoms with E-state index in [-0.39, 0.29) is 5.91 Å². The number of fused-ring (bicyclic) bond motifs is 1. The van der Waals surface area contributed by atoms with E-state index in [1.807, 2.05) is 25.1 Å². The molecule has 1 aromatic carbocycles. The molecule has 0 atom stereocenters. The van der Waals surface area contributed by atoms with Gasteiger partial charge in [0.2, 0.25) is 5.91 Å². The number of nitrogens with zero attached hydrogens (tertiary/aromatic N) is 1. The minimum Gasteiger partial charge on any atom is -0.381 e. The van der Waals surface area contributed by atoms with Gasteiger partial charge in [-0.25, -0.2) is 4.98 Å². The van der Waals surface area contributed by atoms with E-state index in [0.29, 0.717) is 25.6 Å². The standard InChI is InChI=1S/C13H14N2O2S/c1-8-14-11-3-2-10(5-12(11)18-8)15-13(16)4-9-6-17-7-9/h2-3,5,9H,4,6-7H2,1H3,(H,15,16). The van der Waals surface area contributed by atoms with Crippen molar-refractivity contribution in [2.75, 3.05) is 18.5 Å². The molecule has 0 aliphatic carbocycles. The molecule has 1 aromatic heterocycles. The Morgan fingerprint density at radius 1 is 1.56 bits per heavy atom. The Morgan fingerprint density at radius 3 is 3.11 bits per heavy atom. The zero-order valence-electron chi connectivity index (χ0n) is 10.1. The topological polar surface area (TPSA) is 51.2 Å². The van der Waals surface area contributed by atoms with Gasteiger partial charge in [-0.15, -0.1) is 11.3 Å². The van der Waals surface area contributed by atoms with Crippen molar-refractivity contribution in [2.24, 2.45) is 5.92 Å². The lowest BCUT2D eigenvalue weighted by Crippen LogP contribution is -2.31. The molecular formula is C13H14N2O2S. The van der Waals surface area contributed by atoms with Gasteiger partial charge in [0.1, 0.15) is 0 Å². The molecule has 94 valence electrons. The van der Waals surface area contributed by atoms with E-state index in [4.69, 9.17) is 4.74 Å². The molecule has 0 unspecified atom stereocenters. The third-order valence-electron chi connectivity index (χ3n) is 2.96. The van der Waals surface area contributed by atoms with Gasteiger partial charge in [-0.05, 0) is 25.1 Å². The number of carbonyl (C=O) groups excluding carboxylic acids is 1. The Bertz CT molecular complexity index is 590. The molecule has 18 heavy (non-hydrogen) atoms. The number of amides is 1. The first-order valence-electron chi connectivity index (χ1n) is 5.95. The predicted molar refractivity (Wildman–Crippen MR) is 71.9 cm³/mol. The number of hydrogen-bond acceptors (Lipinski definition) is 4. The lowest BCUT2D eigenvalue weighted by atomic mass is 10.0. The third-order valence-corrected chi connectivity index (χ3v) is 3.89. The van der Waals surface area contributed by atoms with Crippen LogP contribution in [0.3, 0.4) is 0 Å². The van der Waals surface area contributed by atoms with Gasteiger partial charge in [0.05, 0.1) is 28.4 Å². The summed E-state index contributed by atoms with van der Waals surface area (Å²) in [6, 6.07) is 5.83. The molecule has 2 heterocycles. The molecule has 0 radical (unpaired) electrons. The van der Waals surface area contributed by atoms with Gasteiger partial charge in [0.25, 0.3) is 0 Å². The molecule has 0 bridgehead atoms. The number of hydrogen-bond donors (Lipinski definition) is 1. The first-order chi connectivity index (χ1) is 8.70. The summed E-state index contributed by atoms with van der Waals surface area (Å²) in [5.41, 5.74) is 1.83. The summed E-state index contributed by atoms with van der Waals surface area (Å²) in [5, 5.41) is 3.97. The minimum absolute atomic E-state index is 0.0592. The van der Waals surface area contributed by atoms with Crippen molar-refractivity contribution in [3.63, 3.8) is 0 Å². The summed E-state index contributed by atoms with van der Waals surface area (Å²) in [4.78, 5) is 16.2. The summed E-state index contributed by atoms with van der Waals surface area (Å²) >= 11 is 1.64. The quantitative estimate of drug-likeness (QED) is 0.925. The summed E-state index contributed by atoms with van der Waals surface area (Å²) < 4.78 is 6.17. The van der Waals surface area contributed by atoms with Gasteiger partial charge >= 0.3 is 0 Å². The third kappa shape index (κ3) is 2.37. The number of aryl methyl sites for hydroxylation is 1. The fourth-order valence-electron chi connectivity index (χ4n) is 1.99. The second kappa shape index (κ2) is 4.66. The lowest BCUT2D eigenvalue weighted by molar-refractivity contribution is -0.121. The van der Waals surface area contributed by atoms with E-state index < -0.39 is 0 Å². The fraction of sp³-hybridized carbons (Fsp3) is 0.385. The Hall–Kier alpha value is -1.46. The van der Waals surface area contributed by atoms with E-state index in [2.05, 4.69) is 10.3 Å². The van der Waals surface area contributed by atoms with Crippen LogP contribution in [0.2, 0.25) is 0 Å². The van der Waals surface area contributed by atoms with E-state index in [9.17, 15) is 4.79 Å². The maximum atomic E-state index is 11.8. The average Bonchev–Trinajstić information content (AvgIpc) is 2.63. The van der Waals surface area contributed by atoms with Gasteiger partial charge in [0.15, 0.2) is 0 Å². The van der Waals surface area contributed by atoms with Crippen LogP contribution < -0.4 is 5.32 Å². The van der Waals surface area contributed by atoms with Crippen LogP contribution in [-0.4, -0.2) is 24.1 Å². The van der Waals surface area contributed by atoms with Crippen molar-refractivity contribution >= 4 is 33.1 Å². The highest BCUT2D eigenvalue weighted by Crippen LogP contribution is 2.25. The Balaban J connectivity index is 1.71.